The summed E-state index contributed by atoms with van der Waals surface area (Å²) in [5, 5.41) is 20.7. The molecule has 0 aliphatic heterocycles. The SMILES string of the molecule is CNCc1cc(F)ccc1B(O)O. The Kier molecular flexibility index (Phi) is 3.42. The summed E-state index contributed by atoms with van der Waals surface area (Å²) in [5.74, 6) is -0.380. The van der Waals surface area contributed by atoms with E-state index in [-0.39, 0.29) is 5.82 Å². The zero-order valence-electron chi connectivity index (χ0n) is 7.29. The molecule has 3 N–H and O–H groups in total. The Morgan fingerprint density at radius 2 is 2.15 bits per heavy atom. The summed E-state index contributed by atoms with van der Waals surface area (Å²) in [5.41, 5.74) is 0.883. The first kappa shape index (κ1) is 10.2. The largest absolute Gasteiger partial charge is 0.488 e. The van der Waals surface area contributed by atoms with Gasteiger partial charge in [-0.15, -0.1) is 0 Å². The van der Waals surface area contributed by atoms with Crippen LogP contribution >= 0.6 is 0 Å². The van der Waals surface area contributed by atoms with E-state index in [2.05, 4.69) is 5.32 Å². The van der Waals surface area contributed by atoms with Crippen LogP contribution in [0.5, 0.6) is 0 Å². The average molecular weight is 183 g/mol. The van der Waals surface area contributed by atoms with Gasteiger partial charge in [0, 0.05) is 6.54 Å². The van der Waals surface area contributed by atoms with Crippen LogP contribution in [0.2, 0.25) is 0 Å². The first-order valence-corrected chi connectivity index (χ1v) is 3.94. The molecule has 13 heavy (non-hydrogen) atoms. The number of halogens is 1. The molecule has 0 saturated heterocycles. The Labute approximate surface area is 76.4 Å². The van der Waals surface area contributed by atoms with Gasteiger partial charge in [-0.25, -0.2) is 4.39 Å². The summed E-state index contributed by atoms with van der Waals surface area (Å²) in [4.78, 5) is 0. The molecule has 1 aromatic rings. The van der Waals surface area contributed by atoms with E-state index in [4.69, 9.17) is 10.0 Å². The van der Waals surface area contributed by atoms with Crippen molar-refractivity contribution in [1.82, 2.24) is 5.32 Å². The highest BCUT2D eigenvalue weighted by Crippen LogP contribution is 2.01. The smallest absolute Gasteiger partial charge is 0.423 e. The Bertz CT molecular complexity index is 293. The second-order valence-corrected chi connectivity index (χ2v) is 2.75. The molecule has 0 aliphatic rings. The Hall–Kier alpha value is -0.905. The van der Waals surface area contributed by atoms with E-state index in [0.717, 1.165) is 0 Å². The quantitative estimate of drug-likeness (QED) is 0.539. The van der Waals surface area contributed by atoms with E-state index in [9.17, 15) is 4.39 Å². The van der Waals surface area contributed by atoms with Crippen LogP contribution in [0, 0.1) is 5.82 Å². The molecule has 0 amide bonds. The molecule has 0 saturated carbocycles. The topological polar surface area (TPSA) is 52.5 Å². The van der Waals surface area contributed by atoms with Gasteiger partial charge in [-0.2, -0.15) is 0 Å². The normalized spacial score (nSPS) is 10.2. The Morgan fingerprint density at radius 1 is 1.46 bits per heavy atom. The van der Waals surface area contributed by atoms with Crippen LogP contribution in [0.25, 0.3) is 0 Å². The van der Waals surface area contributed by atoms with Crippen molar-refractivity contribution in [2.75, 3.05) is 7.05 Å². The number of benzene rings is 1. The van der Waals surface area contributed by atoms with E-state index in [1.807, 2.05) is 0 Å². The van der Waals surface area contributed by atoms with Gasteiger partial charge in [0.25, 0.3) is 0 Å². The van der Waals surface area contributed by atoms with E-state index in [1.165, 1.54) is 18.2 Å². The summed E-state index contributed by atoms with van der Waals surface area (Å²) < 4.78 is 12.7. The van der Waals surface area contributed by atoms with Crippen LogP contribution in [0.1, 0.15) is 5.56 Å². The Morgan fingerprint density at radius 3 is 2.69 bits per heavy atom. The summed E-state index contributed by atoms with van der Waals surface area (Å²) in [6, 6.07) is 3.85. The lowest BCUT2D eigenvalue weighted by atomic mass is 9.77. The van der Waals surface area contributed by atoms with Crippen molar-refractivity contribution < 1.29 is 14.4 Å². The van der Waals surface area contributed by atoms with Crippen molar-refractivity contribution >= 4 is 12.6 Å². The molecule has 3 nitrogen and oxygen atoms in total. The highest BCUT2D eigenvalue weighted by Gasteiger charge is 2.15. The van der Waals surface area contributed by atoms with Gasteiger partial charge >= 0.3 is 7.12 Å². The van der Waals surface area contributed by atoms with E-state index in [0.29, 0.717) is 17.6 Å². The fourth-order valence-electron chi connectivity index (χ4n) is 1.17. The van der Waals surface area contributed by atoms with Gasteiger partial charge in [0.15, 0.2) is 0 Å². The van der Waals surface area contributed by atoms with Crippen LogP contribution in [-0.4, -0.2) is 24.2 Å². The fourth-order valence-corrected chi connectivity index (χ4v) is 1.17. The van der Waals surface area contributed by atoms with Crippen molar-refractivity contribution in [1.29, 1.82) is 0 Å². The van der Waals surface area contributed by atoms with Crippen LogP contribution < -0.4 is 10.8 Å². The molecule has 0 bridgehead atoms. The summed E-state index contributed by atoms with van der Waals surface area (Å²) in [6.45, 7) is 0.407. The van der Waals surface area contributed by atoms with E-state index < -0.39 is 7.12 Å². The van der Waals surface area contributed by atoms with Crippen molar-refractivity contribution in [2.24, 2.45) is 0 Å². The first-order chi connectivity index (χ1) is 6.15. The van der Waals surface area contributed by atoms with Crippen LogP contribution in [0.15, 0.2) is 18.2 Å². The lowest BCUT2D eigenvalue weighted by Crippen LogP contribution is -2.34. The molecule has 0 heterocycles. The van der Waals surface area contributed by atoms with Gasteiger partial charge in [0.1, 0.15) is 5.82 Å². The molecule has 0 aromatic heterocycles. The third kappa shape index (κ3) is 2.52. The van der Waals surface area contributed by atoms with Gasteiger partial charge in [-0.05, 0) is 30.2 Å². The van der Waals surface area contributed by atoms with Crippen LogP contribution in [0.4, 0.5) is 4.39 Å². The third-order valence-electron chi connectivity index (χ3n) is 1.75. The number of rotatable bonds is 3. The van der Waals surface area contributed by atoms with E-state index in [1.54, 1.807) is 7.05 Å². The number of hydrogen-bond acceptors (Lipinski definition) is 3. The molecule has 0 fully saturated rings. The molecule has 1 rings (SSSR count). The molecule has 0 radical (unpaired) electrons. The monoisotopic (exact) mass is 183 g/mol. The average Bonchev–Trinajstić information content (AvgIpc) is 2.04. The van der Waals surface area contributed by atoms with Crippen molar-refractivity contribution in [2.45, 2.75) is 6.54 Å². The second-order valence-electron chi connectivity index (χ2n) is 2.75. The standard InChI is InChI=1S/C8H11BFNO2/c1-11-5-6-4-7(10)2-3-8(6)9(12)13/h2-4,11-13H,5H2,1H3. The van der Waals surface area contributed by atoms with Gasteiger partial charge in [0.05, 0.1) is 0 Å². The molecular weight excluding hydrogens is 172 g/mol. The maximum atomic E-state index is 12.7. The van der Waals surface area contributed by atoms with Gasteiger partial charge in [-0.1, -0.05) is 6.07 Å². The molecule has 0 atom stereocenters. The number of hydrogen-bond donors (Lipinski definition) is 3. The minimum atomic E-state index is -1.55. The highest BCUT2D eigenvalue weighted by atomic mass is 19.1. The molecule has 0 spiro atoms. The maximum absolute atomic E-state index is 12.7. The van der Waals surface area contributed by atoms with E-state index >= 15 is 0 Å². The molecule has 70 valence electrons. The molecule has 5 heteroatoms. The fraction of sp³-hybridized carbons (Fsp3) is 0.250. The predicted octanol–water partition coefficient (Wildman–Crippen LogP) is -0.775. The summed E-state index contributed by atoms with van der Waals surface area (Å²) >= 11 is 0. The minimum absolute atomic E-state index is 0.329. The zero-order chi connectivity index (χ0) is 9.84. The summed E-state index contributed by atoms with van der Waals surface area (Å²) in [6.07, 6.45) is 0. The van der Waals surface area contributed by atoms with Gasteiger partial charge < -0.3 is 15.4 Å². The number of nitrogens with one attached hydrogen (secondary N) is 1. The second kappa shape index (κ2) is 4.36. The molecule has 0 unspecified atom stereocenters. The first-order valence-electron chi connectivity index (χ1n) is 3.94. The molecular formula is C8H11BFNO2. The zero-order valence-corrected chi connectivity index (χ0v) is 7.29. The van der Waals surface area contributed by atoms with Crippen molar-refractivity contribution in [3.63, 3.8) is 0 Å². The van der Waals surface area contributed by atoms with Gasteiger partial charge in [-0.3, -0.25) is 0 Å². The lowest BCUT2D eigenvalue weighted by Gasteiger charge is -2.07. The van der Waals surface area contributed by atoms with Gasteiger partial charge in [0.2, 0.25) is 0 Å². The van der Waals surface area contributed by atoms with Crippen LogP contribution in [0.3, 0.4) is 0 Å². The minimum Gasteiger partial charge on any atom is -0.423 e. The lowest BCUT2D eigenvalue weighted by molar-refractivity contribution is 0.425. The molecule has 1 aromatic carbocycles. The highest BCUT2D eigenvalue weighted by molar-refractivity contribution is 6.59. The van der Waals surface area contributed by atoms with Crippen molar-refractivity contribution in [3.05, 3.63) is 29.6 Å². The third-order valence-corrected chi connectivity index (χ3v) is 1.75. The van der Waals surface area contributed by atoms with Crippen LogP contribution in [-0.2, 0) is 6.54 Å². The Balaban J connectivity index is 3.03. The summed E-state index contributed by atoms with van der Waals surface area (Å²) in [7, 11) is 0.155. The maximum Gasteiger partial charge on any atom is 0.488 e. The molecule has 0 aliphatic carbocycles. The van der Waals surface area contributed by atoms with Crippen molar-refractivity contribution in [3.8, 4) is 0 Å². The predicted molar refractivity (Wildman–Crippen MR) is 49.0 cm³/mol.